The van der Waals surface area contributed by atoms with Gasteiger partial charge in [-0.15, -0.1) is 0 Å². The van der Waals surface area contributed by atoms with Gasteiger partial charge in [0, 0.05) is 19.7 Å². The third-order valence-corrected chi connectivity index (χ3v) is 3.40. The largest absolute Gasteiger partial charge is 0.395 e. The molecule has 0 aliphatic carbocycles. The summed E-state index contributed by atoms with van der Waals surface area (Å²) in [5.41, 5.74) is 5.98. The van der Waals surface area contributed by atoms with E-state index in [9.17, 15) is 5.11 Å². The summed E-state index contributed by atoms with van der Waals surface area (Å²) < 4.78 is 5.04. The van der Waals surface area contributed by atoms with Crippen LogP contribution < -0.4 is 5.73 Å². The van der Waals surface area contributed by atoms with Gasteiger partial charge in [0.15, 0.2) is 0 Å². The molecule has 1 aliphatic heterocycles. The van der Waals surface area contributed by atoms with Crippen LogP contribution in [0.15, 0.2) is 0 Å². The molecule has 90 valence electrons. The van der Waals surface area contributed by atoms with Crippen molar-refractivity contribution in [2.75, 3.05) is 33.4 Å². The second-order valence-corrected chi connectivity index (χ2v) is 4.43. The summed E-state index contributed by atoms with van der Waals surface area (Å²) in [5.74, 6) is 0.772. The monoisotopic (exact) mass is 216 g/mol. The Morgan fingerprint density at radius 1 is 1.60 bits per heavy atom. The van der Waals surface area contributed by atoms with Gasteiger partial charge in [0.25, 0.3) is 0 Å². The minimum atomic E-state index is -0.0874. The summed E-state index contributed by atoms with van der Waals surface area (Å²) in [6, 6.07) is -0.0305. The maximum absolute atomic E-state index is 9.37. The molecule has 3 unspecified atom stereocenters. The van der Waals surface area contributed by atoms with E-state index in [0.29, 0.717) is 6.61 Å². The average Bonchev–Trinajstić information content (AvgIpc) is 2.68. The summed E-state index contributed by atoms with van der Waals surface area (Å²) in [6.45, 7) is 4.98. The third-order valence-electron chi connectivity index (χ3n) is 3.40. The van der Waals surface area contributed by atoms with Crippen molar-refractivity contribution in [3.8, 4) is 0 Å². The van der Waals surface area contributed by atoms with Gasteiger partial charge in [0.1, 0.15) is 0 Å². The van der Waals surface area contributed by atoms with Crippen LogP contribution in [-0.4, -0.2) is 55.5 Å². The highest BCUT2D eigenvalue weighted by Crippen LogP contribution is 2.21. The molecule has 15 heavy (non-hydrogen) atoms. The van der Waals surface area contributed by atoms with E-state index < -0.39 is 0 Å². The van der Waals surface area contributed by atoms with E-state index in [0.717, 1.165) is 19.0 Å². The molecule has 1 rings (SSSR count). The number of hydrogen-bond acceptors (Lipinski definition) is 4. The van der Waals surface area contributed by atoms with Crippen LogP contribution >= 0.6 is 0 Å². The van der Waals surface area contributed by atoms with Crippen LogP contribution in [0.4, 0.5) is 0 Å². The number of nitrogens with two attached hydrogens (primary N) is 1. The highest BCUT2D eigenvalue weighted by Gasteiger charge is 2.30. The van der Waals surface area contributed by atoms with E-state index in [4.69, 9.17) is 10.5 Å². The van der Waals surface area contributed by atoms with Gasteiger partial charge >= 0.3 is 0 Å². The van der Waals surface area contributed by atoms with Gasteiger partial charge in [0.05, 0.1) is 19.3 Å². The molecule has 0 bridgehead atoms. The van der Waals surface area contributed by atoms with Crippen LogP contribution in [0.5, 0.6) is 0 Å². The van der Waals surface area contributed by atoms with Crippen molar-refractivity contribution >= 4 is 0 Å². The Kier molecular flexibility index (Phi) is 5.53. The molecule has 0 radical (unpaired) electrons. The van der Waals surface area contributed by atoms with E-state index in [1.54, 1.807) is 7.11 Å². The Balaban J connectivity index is 2.44. The average molecular weight is 216 g/mol. The topological polar surface area (TPSA) is 58.7 Å². The van der Waals surface area contributed by atoms with E-state index in [-0.39, 0.29) is 18.7 Å². The van der Waals surface area contributed by atoms with E-state index in [1.807, 2.05) is 0 Å². The highest BCUT2D eigenvalue weighted by molar-refractivity contribution is 4.86. The molecule has 0 aromatic carbocycles. The number of ether oxygens (including phenoxy) is 1. The lowest BCUT2D eigenvalue weighted by Crippen LogP contribution is -2.51. The zero-order chi connectivity index (χ0) is 11.3. The molecule has 0 aromatic rings. The lowest BCUT2D eigenvalue weighted by molar-refractivity contribution is 0.0822. The second-order valence-electron chi connectivity index (χ2n) is 4.43. The van der Waals surface area contributed by atoms with Crippen LogP contribution in [-0.2, 0) is 4.74 Å². The van der Waals surface area contributed by atoms with Gasteiger partial charge in [0.2, 0.25) is 0 Å². The van der Waals surface area contributed by atoms with Crippen molar-refractivity contribution in [1.82, 2.24) is 4.90 Å². The SMILES string of the molecule is CCC1CCN(C(CO)C(N)COC)C1. The zero-order valence-corrected chi connectivity index (χ0v) is 9.85. The molecule has 4 heteroatoms. The molecule has 1 saturated heterocycles. The Morgan fingerprint density at radius 2 is 2.33 bits per heavy atom. The van der Waals surface area contributed by atoms with Crippen molar-refractivity contribution in [2.24, 2.45) is 11.7 Å². The molecule has 3 N–H and O–H groups in total. The van der Waals surface area contributed by atoms with Crippen LogP contribution in [0, 0.1) is 5.92 Å². The quantitative estimate of drug-likeness (QED) is 0.659. The van der Waals surface area contributed by atoms with E-state index in [1.165, 1.54) is 12.8 Å². The smallest absolute Gasteiger partial charge is 0.0629 e. The number of hydrogen-bond donors (Lipinski definition) is 2. The Hall–Kier alpha value is -0.160. The highest BCUT2D eigenvalue weighted by atomic mass is 16.5. The predicted octanol–water partition coefficient (Wildman–Crippen LogP) is 0.0529. The van der Waals surface area contributed by atoms with Crippen LogP contribution in [0.25, 0.3) is 0 Å². The minimum absolute atomic E-state index is 0.0569. The van der Waals surface area contributed by atoms with Crippen LogP contribution in [0.2, 0.25) is 0 Å². The molecule has 0 saturated carbocycles. The standard InChI is InChI=1S/C11H24N2O2/c1-3-9-4-5-13(6-9)11(7-14)10(12)8-15-2/h9-11,14H,3-8,12H2,1-2H3. The number of likely N-dealkylation sites (tertiary alicyclic amines) is 1. The van der Waals surface area contributed by atoms with Gasteiger partial charge in [-0.25, -0.2) is 0 Å². The fourth-order valence-electron chi connectivity index (χ4n) is 2.32. The van der Waals surface area contributed by atoms with Gasteiger partial charge in [-0.2, -0.15) is 0 Å². The predicted molar refractivity (Wildman–Crippen MR) is 60.7 cm³/mol. The normalized spacial score (nSPS) is 26.8. The molecular weight excluding hydrogens is 192 g/mol. The molecule has 3 atom stereocenters. The first-order valence-corrected chi connectivity index (χ1v) is 5.82. The fourth-order valence-corrected chi connectivity index (χ4v) is 2.32. The van der Waals surface area contributed by atoms with Gasteiger partial charge in [-0.05, 0) is 18.9 Å². The molecule has 1 fully saturated rings. The van der Waals surface area contributed by atoms with Crippen molar-refractivity contribution in [3.05, 3.63) is 0 Å². The first-order chi connectivity index (χ1) is 7.22. The molecule has 0 amide bonds. The van der Waals surface area contributed by atoms with Gasteiger partial charge < -0.3 is 15.6 Å². The molecular formula is C11H24N2O2. The number of rotatable bonds is 6. The van der Waals surface area contributed by atoms with E-state index >= 15 is 0 Å². The van der Waals surface area contributed by atoms with Gasteiger partial charge in [-0.3, -0.25) is 4.90 Å². The second kappa shape index (κ2) is 6.43. The first kappa shape index (κ1) is 12.9. The molecule has 1 heterocycles. The molecule has 4 nitrogen and oxygen atoms in total. The minimum Gasteiger partial charge on any atom is -0.395 e. The van der Waals surface area contributed by atoms with Crippen LogP contribution in [0.3, 0.4) is 0 Å². The van der Waals surface area contributed by atoms with E-state index in [2.05, 4.69) is 11.8 Å². The molecule has 0 aromatic heterocycles. The molecule has 0 spiro atoms. The Morgan fingerprint density at radius 3 is 2.80 bits per heavy atom. The first-order valence-electron chi connectivity index (χ1n) is 5.82. The third kappa shape index (κ3) is 3.41. The summed E-state index contributed by atoms with van der Waals surface area (Å²) >= 11 is 0. The zero-order valence-electron chi connectivity index (χ0n) is 9.85. The van der Waals surface area contributed by atoms with Crippen molar-refractivity contribution in [1.29, 1.82) is 0 Å². The van der Waals surface area contributed by atoms with Crippen molar-refractivity contribution < 1.29 is 9.84 Å². The Labute approximate surface area is 92.4 Å². The van der Waals surface area contributed by atoms with Crippen molar-refractivity contribution in [2.45, 2.75) is 31.8 Å². The number of aliphatic hydroxyl groups excluding tert-OH is 1. The maximum Gasteiger partial charge on any atom is 0.0629 e. The lowest BCUT2D eigenvalue weighted by Gasteiger charge is -2.30. The summed E-state index contributed by atoms with van der Waals surface area (Å²) in [5, 5.41) is 9.37. The Bertz CT molecular complexity index is 178. The van der Waals surface area contributed by atoms with Gasteiger partial charge in [-0.1, -0.05) is 13.3 Å². The lowest BCUT2D eigenvalue weighted by atomic mass is 10.1. The van der Waals surface area contributed by atoms with Crippen molar-refractivity contribution in [3.63, 3.8) is 0 Å². The summed E-state index contributed by atoms with van der Waals surface area (Å²) in [6.07, 6.45) is 2.45. The molecule has 1 aliphatic rings. The summed E-state index contributed by atoms with van der Waals surface area (Å²) in [4.78, 5) is 2.30. The number of methoxy groups -OCH3 is 1. The van der Waals surface area contributed by atoms with Crippen LogP contribution in [0.1, 0.15) is 19.8 Å². The number of nitrogens with zero attached hydrogens (tertiary/aromatic N) is 1. The maximum atomic E-state index is 9.37. The fraction of sp³-hybridized carbons (Fsp3) is 1.00. The number of aliphatic hydroxyl groups is 1. The summed E-state index contributed by atoms with van der Waals surface area (Å²) in [7, 11) is 1.65.